The minimum atomic E-state index is 0.184. The van der Waals surface area contributed by atoms with Crippen LogP contribution in [0.15, 0.2) is 23.3 Å². The Balaban J connectivity index is 1.47. The molecule has 0 heterocycles. The number of nitrogens with two attached hydrogens (primary N) is 1. The van der Waals surface area contributed by atoms with E-state index in [1.54, 1.807) is 5.57 Å². The summed E-state index contributed by atoms with van der Waals surface area (Å²) in [4.78, 5) is 11.8. The second kappa shape index (κ2) is 9.78. The Morgan fingerprint density at radius 1 is 1.00 bits per heavy atom. The molecule has 2 aliphatic carbocycles. The monoisotopic (exact) mass is 291 g/mol. The number of quaternary nitrogens is 1. The topological polar surface area (TPSA) is 45.7 Å². The van der Waals surface area contributed by atoms with Crippen molar-refractivity contribution in [2.45, 2.75) is 64.2 Å². The van der Waals surface area contributed by atoms with Gasteiger partial charge in [-0.05, 0) is 57.8 Å². The maximum Gasteiger partial charge on any atom is 0.275 e. The van der Waals surface area contributed by atoms with Gasteiger partial charge in [-0.15, -0.1) is 0 Å². The van der Waals surface area contributed by atoms with E-state index in [0.29, 0.717) is 6.54 Å². The molecule has 0 unspecified atom stereocenters. The highest BCUT2D eigenvalue weighted by atomic mass is 16.1. The van der Waals surface area contributed by atoms with Gasteiger partial charge in [0.1, 0.15) is 0 Å². The third-order valence-corrected chi connectivity index (χ3v) is 4.54. The summed E-state index contributed by atoms with van der Waals surface area (Å²) in [5.74, 6) is 0.184. The van der Waals surface area contributed by atoms with Crippen molar-refractivity contribution in [1.82, 2.24) is 5.32 Å². The lowest BCUT2D eigenvalue weighted by atomic mass is 9.97. The molecule has 0 spiro atoms. The van der Waals surface area contributed by atoms with E-state index in [0.717, 1.165) is 25.9 Å². The van der Waals surface area contributed by atoms with Crippen LogP contribution in [0, 0.1) is 0 Å². The van der Waals surface area contributed by atoms with Crippen LogP contribution in [0.4, 0.5) is 0 Å². The van der Waals surface area contributed by atoms with Gasteiger partial charge in [0.15, 0.2) is 6.54 Å². The van der Waals surface area contributed by atoms with Crippen LogP contribution >= 0.6 is 0 Å². The zero-order chi connectivity index (χ0) is 14.8. The van der Waals surface area contributed by atoms with Crippen molar-refractivity contribution in [3.05, 3.63) is 23.3 Å². The SMILES string of the molecule is O=C(C[NH2+]CCC1=CCCCC1)NCCC1=CCCCC1. The smallest absolute Gasteiger partial charge is 0.275 e. The molecule has 2 aliphatic rings. The average Bonchev–Trinajstić information content (AvgIpc) is 2.54. The number of hydrogen-bond donors (Lipinski definition) is 2. The normalized spacial score (nSPS) is 18.9. The molecule has 2 rings (SSSR count). The predicted octanol–water partition coefficient (Wildman–Crippen LogP) is 2.45. The van der Waals surface area contributed by atoms with Crippen LogP contribution in [0.2, 0.25) is 0 Å². The fraction of sp³-hybridized carbons (Fsp3) is 0.722. The summed E-state index contributed by atoms with van der Waals surface area (Å²) in [6.07, 6.45) is 17.3. The summed E-state index contributed by atoms with van der Waals surface area (Å²) in [6.45, 7) is 2.43. The average molecular weight is 291 g/mol. The van der Waals surface area contributed by atoms with Crippen molar-refractivity contribution in [3.8, 4) is 0 Å². The number of hydrogen-bond acceptors (Lipinski definition) is 1. The van der Waals surface area contributed by atoms with Gasteiger partial charge in [0.2, 0.25) is 0 Å². The van der Waals surface area contributed by atoms with Gasteiger partial charge in [-0.3, -0.25) is 4.79 Å². The minimum absolute atomic E-state index is 0.184. The van der Waals surface area contributed by atoms with E-state index in [1.807, 2.05) is 0 Å². The number of amides is 1. The van der Waals surface area contributed by atoms with Gasteiger partial charge in [-0.25, -0.2) is 0 Å². The van der Waals surface area contributed by atoms with Gasteiger partial charge >= 0.3 is 0 Å². The standard InChI is InChI=1S/C18H30N2O/c21-18(20-14-12-17-9-5-2-6-10-17)15-19-13-11-16-7-3-1-4-8-16/h7,9,19H,1-6,8,10-15H2,(H,20,21)/p+1. The Morgan fingerprint density at radius 2 is 1.67 bits per heavy atom. The van der Waals surface area contributed by atoms with Crippen molar-refractivity contribution in [2.75, 3.05) is 19.6 Å². The minimum Gasteiger partial charge on any atom is -0.351 e. The van der Waals surface area contributed by atoms with Crippen LogP contribution in [0.3, 0.4) is 0 Å². The molecule has 0 aromatic carbocycles. The van der Waals surface area contributed by atoms with E-state index in [1.165, 1.54) is 56.9 Å². The summed E-state index contributed by atoms with van der Waals surface area (Å²) in [5.41, 5.74) is 3.14. The fourth-order valence-electron chi connectivity index (χ4n) is 3.22. The molecule has 0 fully saturated rings. The summed E-state index contributed by atoms with van der Waals surface area (Å²) in [6, 6.07) is 0. The number of carbonyl (C=O) groups is 1. The van der Waals surface area contributed by atoms with Crippen LogP contribution in [0.5, 0.6) is 0 Å². The first-order chi connectivity index (χ1) is 10.3. The summed E-state index contributed by atoms with van der Waals surface area (Å²) >= 11 is 0. The van der Waals surface area contributed by atoms with E-state index in [2.05, 4.69) is 22.8 Å². The van der Waals surface area contributed by atoms with Crippen LogP contribution in [0.25, 0.3) is 0 Å². The second-order valence-corrected chi connectivity index (χ2v) is 6.35. The lowest BCUT2D eigenvalue weighted by molar-refractivity contribution is -0.643. The van der Waals surface area contributed by atoms with Crippen molar-refractivity contribution in [1.29, 1.82) is 0 Å². The number of nitrogens with one attached hydrogen (secondary N) is 1. The molecular formula is C18H31N2O+. The Kier molecular flexibility index (Phi) is 7.58. The molecule has 0 bridgehead atoms. The van der Waals surface area contributed by atoms with Crippen molar-refractivity contribution >= 4 is 5.91 Å². The van der Waals surface area contributed by atoms with E-state index in [4.69, 9.17) is 0 Å². The number of carbonyl (C=O) groups excluding carboxylic acids is 1. The van der Waals surface area contributed by atoms with Crippen LogP contribution in [-0.4, -0.2) is 25.5 Å². The zero-order valence-electron chi connectivity index (χ0n) is 13.3. The molecule has 0 saturated carbocycles. The fourth-order valence-corrected chi connectivity index (χ4v) is 3.22. The zero-order valence-corrected chi connectivity index (χ0v) is 13.3. The highest BCUT2D eigenvalue weighted by Gasteiger charge is 2.07. The third kappa shape index (κ3) is 6.94. The van der Waals surface area contributed by atoms with Crippen LogP contribution in [0.1, 0.15) is 64.2 Å². The molecule has 0 aliphatic heterocycles. The summed E-state index contributed by atoms with van der Waals surface area (Å²) in [7, 11) is 0. The van der Waals surface area contributed by atoms with Gasteiger partial charge in [0, 0.05) is 13.0 Å². The van der Waals surface area contributed by atoms with Crippen molar-refractivity contribution in [3.63, 3.8) is 0 Å². The van der Waals surface area contributed by atoms with Crippen molar-refractivity contribution < 1.29 is 10.1 Å². The van der Waals surface area contributed by atoms with E-state index in [-0.39, 0.29) is 5.91 Å². The molecule has 0 aromatic heterocycles. The lowest BCUT2D eigenvalue weighted by Crippen LogP contribution is -2.86. The highest BCUT2D eigenvalue weighted by Crippen LogP contribution is 2.19. The second-order valence-electron chi connectivity index (χ2n) is 6.35. The van der Waals surface area contributed by atoms with Gasteiger partial charge < -0.3 is 10.6 Å². The quantitative estimate of drug-likeness (QED) is 0.524. The molecule has 3 nitrogen and oxygen atoms in total. The van der Waals surface area contributed by atoms with Crippen molar-refractivity contribution in [2.24, 2.45) is 0 Å². The van der Waals surface area contributed by atoms with Gasteiger partial charge in [-0.1, -0.05) is 23.3 Å². The summed E-state index contributed by atoms with van der Waals surface area (Å²) < 4.78 is 0. The molecule has 21 heavy (non-hydrogen) atoms. The predicted molar refractivity (Wildman–Crippen MR) is 87.0 cm³/mol. The molecule has 3 heteroatoms. The maximum absolute atomic E-state index is 11.8. The van der Waals surface area contributed by atoms with Gasteiger partial charge in [0.05, 0.1) is 6.54 Å². The molecule has 3 N–H and O–H groups in total. The van der Waals surface area contributed by atoms with Gasteiger partial charge in [0.25, 0.3) is 5.91 Å². The highest BCUT2D eigenvalue weighted by molar-refractivity contribution is 5.76. The largest absolute Gasteiger partial charge is 0.351 e. The molecule has 1 amide bonds. The molecule has 118 valence electrons. The first-order valence-electron chi connectivity index (χ1n) is 8.79. The maximum atomic E-state index is 11.8. The first kappa shape index (κ1) is 16.3. The molecule has 0 atom stereocenters. The third-order valence-electron chi connectivity index (χ3n) is 4.54. The van der Waals surface area contributed by atoms with E-state index < -0.39 is 0 Å². The van der Waals surface area contributed by atoms with Gasteiger partial charge in [-0.2, -0.15) is 0 Å². The molecule has 0 radical (unpaired) electrons. The lowest BCUT2D eigenvalue weighted by Gasteiger charge is -2.13. The Morgan fingerprint density at radius 3 is 2.29 bits per heavy atom. The molecule has 0 saturated heterocycles. The molecule has 0 aromatic rings. The van der Waals surface area contributed by atoms with E-state index >= 15 is 0 Å². The molecular weight excluding hydrogens is 260 g/mol. The van der Waals surface area contributed by atoms with Crippen LogP contribution in [-0.2, 0) is 4.79 Å². The number of allylic oxidation sites excluding steroid dienone is 2. The Labute approximate surface area is 129 Å². The Hall–Kier alpha value is -1.09. The first-order valence-corrected chi connectivity index (χ1v) is 8.79. The van der Waals surface area contributed by atoms with Crippen LogP contribution < -0.4 is 10.6 Å². The number of rotatable bonds is 8. The Bertz CT molecular complexity index is 385. The van der Waals surface area contributed by atoms with E-state index in [9.17, 15) is 4.79 Å². The summed E-state index contributed by atoms with van der Waals surface area (Å²) in [5, 5.41) is 5.19.